The second-order valence-corrected chi connectivity index (χ2v) is 5.39. The molecule has 1 unspecified atom stereocenters. The van der Waals surface area contributed by atoms with Gasteiger partial charge in [-0.05, 0) is 13.0 Å². The molecule has 0 saturated heterocycles. The Morgan fingerprint density at radius 3 is 2.23 bits per heavy atom. The van der Waals surface area contributed by atoms with E-state index in [0.717, 1.165) is 0 Å². The Bertz CT molecular complexity index is 761. The van der Waals surface area contributed by atoms with Gasteiger partial charge in [-0.15, -0.1) is 0 Å². The number of nitrogens with zero attached hydrogens (tertiary/aromatic N) is 1. The van der Waals surface area contributed by atoms with Crippen molar-refractivity contribution in [3.05, 3.63) is 70.3 Å². The van der Waals surface area contributed by atoms with Crippen molar-refractivity contribution in [3.63, 3.8) is 0 Å². The molecule has 0 bridgehead atoms. The number of amides is 1. The van der Waals surface area contributed by atoms with E-state index in [1.807, 2.05) is 18.2 Å². The fraction of sp³-hybridized carbons (Fsp3) is 0.278. The maximum absolute atomic E-state index is 12.2. The van der Waals surface area contributed by atoms with E-state index in [4.69, 9.17) is 14.2 Å². The zero-order chi connectivity index (χ0) is 19.2. The molecule has 0 aromatic heterocycles. The predicted octanol–water partition coefficient (Wildman–Crippen LogP) is 3.68. The van der Waals surface area contributed by atoms with Gasteiger partial charge in [0.25, 0.3) is 5.69 Å². The van der Waals surface area contributed by atoms with Crippen molar-refractivity contribution < 1.29 is 23.9 Å². The normalized spacial score (nSPS) is 12.3. The topological polar surface area (TPSA) is 99.9 Å². The zero-order valence-electron chi connectivity index (χ0n) is 14.7. The van der Waals surface area contributed by atoms with Crippen LogP contribution in [-0.2, 0) is 20.0 Å². The number of nitro groups is 1. The maximum Gasteiger partial charge on any atom is 0.412 e. The minimum Gasteiger partial charge on any atom is -0.440 e. The molecule has 2 aromatic carbocycles. The standard InChI is InChI=1S/C18H20N2O6/c1-13(18(24-2,25-3)14-9-5-4-6-10-14)26-17(21)19-15-11-7-8-12-16(15)20(22)23/h4-13H,1-3H3,(H,19,21). The molecule has 1 atom stereocenters. The second-order valence-electron chi connectivity index (χ2n) is 5.39. The van der Waals surface area contributed by atoms with E-state index in [2.05, 4.69) is 5.32 Å². The van der Waals surface area contributed by atoms with Crippen LogP contribution in [0.3, 0.4) is 0 Å². The summed E-state index contributed by atoms with van der Waals surface area (Å²) in [5.74, 6) is -1.32. The Balaban J connectivity index is 2.18. The summed E-state index contributed by atoms with van der Waals surface area (Å²) in [7, 11) is 2.88. The van der Waals surface area contributed by atoms with Crippen LogP contribution in [0.4, 0.5) is 16.2 Å². The lowest BCUT2D eigenvalue weighted by molar-refractivity contribution is -0.383. The molecule has 0 aliphatic rings. The van der Waals surface area contributed by atoms with Crippen LogP contribution in [0.5, 0.6) is 0 Å². The summed E-state index contributed by atoms with van der Waals surface area (Å²) in [5, 5.41) is 13.4. The van der Waals surface area contributed by atoms with Crippen LogP contribution < -0.4 is 5.32 Å². The molecule has 0 spiro atoms. The Labute approximate surface area is 150 Å². The predicted molar refractivity (Wildman–Crippen MR) is 94.8 cm³/mol. The molecule has 1 amide bonds. The van der Waals surface area contributed by atoms with E-state index >= 15 is 0 Å². The van der Waals surface area contributed by atoms with Crippen LogP contribution in [0.15, 0.2) is 54.6 Å². The second kappa shape index (κ2) is 8.41. The third-order valence-corrected chi connectivity index (χ3v) is 3.94. The monoisotopic (exact) mass is 360 g/mol. The Morgan fingerprint density at radius 2 is 1.65 bits per heavy atom. The number of methoxy groups -OCH3 is 2. The summed E-state index contributed by atoms with van der Waals surface area (Å²) in [6, 6.07) is 14.8. The third kappa shape index (κ3) is 3.98. The van der Waals surface area contributed by atoms with Crippen LogP contribution in [0, 0.1) is 10.1 Å². The number of hydrogen-bond donors (Lipinski definition) is 1. The zero-order valence-corrected chi connectivity index (χ0v) is 14.7. The molecule has 0 aliphatic heterocycles. The lowest BCUT2D eigenvalue weighted by Crippen LogP contribution is -2.44. The van der Waals surface area contributed by atoms with Crippen molar-refractivity contribution in [3.8, 4) is 0 Å². The van der Waals surface area contributed by atoms with Gasteiger partial charge in [-0.1, -0.05) is 42.5 Å². The van der Waals surface area contributed by atoms with E-state index in [-0.39, 0.29) is 11.4 Å². The molecule has 0 heterocycles. The van der Waals surface area contributed by atoms with Crippen LogP contribution in [0.2, 0.25) is 0 Å². The Kier molecular flexibility index (Phi) is 6.26. The highest BCUT2D eigenvalue weighted by Gasteiger charge is 2.41. The smallest absolute Gasteiger partial charge is 0.412 e. The fourth-order valence-corrected chi connectivity index (χ4v) is 2.67. The molecule has 138 valence electrons. The molecule has 0 aliphatic carbocycles. The first-order valence-corrected chi connectivity index (χ1v) is 7.81. The first kappa shape index (κ1) is 19.4. The van der Waals surface area contributed by atoms with Gasteiger partial charge in [0, 0.05) is 25.8 Å². The molecule has 2 rings (SSSR count). The molecule has 26 heavy (non-hydrogen) atoms. The summed E-state index contributed by atoms with van der Waals surface area (Å²) < 4.78 is 16.4. The summed E-state index contributed by atoms with van der Waals surface area (Å²) in [6.45, 7) is 1.61. The van der Waals surface area contributed by atoms with Gasteiger partial charge in [-0.2, -0.15) is 0 Å². The first-order valence-electron chi connectivity index (χ1n) is 7.81. The van der Waals surface area contributed by atoms with Gasteiger partial charge in [0.15, 0.2) is 6.10 Å². The molecule has 8 nitrogen and oxygen atoms in total. The summed E-state index contributed by atoms with van der Waals surface area (Å²) in [6.07, 6.45) is -1.70. The van der Waals surface area contributed by atoms with Crippen molar-refractivity contribution in [1.82, 2.24) is 0 Å². The molecule has 2 aromatic rings. The van der Waals surface area contributed by atoms with Gasteiger partial charge in [0.1, 0.15) is 5.69 Å². The average Bonchev–Trinajstić information content (AvgIpc) is 2.64. The number of rotatable bonds is 7. The SMILES string of the molecule is COC(OC)(c1ccccc1)C(C)OC(=O)Nc1ccccc1[N+](=O)[O-]. The largest absolute Gasteiger partial charge is 0.440 e. The molecular formula is C18H20N2O6. The average molecular weight is 360 g/mol. The van der Waals surface area contributed by atoms with Crippen LogP contribution in [0.25, 0.3) is 0 Å². The molecular weight excluding hydrogens is 340 g/mol. The van der Waals surface area contributed by atoms with E-state index in [9.17, 15) is 14.9 Å². The Morgan fingerprint density at radius 1 is 1.08 bits per heavy atom. The van der Waals surface area contributed by atoms with Gasteiger partial charge in [0.2, 0.25) is 5.79 Å². The molecule has 0 fully saturated rings. The number of anilines is 1. The number of para-hydroxylation sites is 2. The molecule has 0 saturated carbocycles. The Hall–Kier alpha value is -2.97. The number of nitrogens with one attached hydrogen (secondary N) is 1. The van der Waals surface area contributed by atoms with Crippen molar-refractivity contribution in [2.24, 2.45) is 0 Å². The quantitative estimate of drug-likeness (QED) is 0.459. The number of carbonyl (C=O) groups excluding carboxylic acids is 1. The van der Waals surface area contributed by atoms with Gasteiger partial charge in [0.05, 0.1) is 4.92 Å². The lowest BCUT2D eigenvalue weighted by atomic mass is 10.0. The molecule has 8 heteroatoms. The number of hydrogen-bond acceptors (Lipinski definition) is 6. The summed E-state index contributed by atoms with van der Waals surface area (Å²) in [4.78, 5) is 22.7. The summed E-state index contributed by atoms with van der Waals surface area (Å²) in [5.41, 5.74) is 0.468. The molecule has 0 radical (unpaired) electrons. The van der Waals surface area contributed by atoms with E-state index in [1.54, 1.807) is 25.1 Å². The number of benzene rings is 2. The minimum absolute atomic E-state index is 0.0369. The number of nitro benzene ring substituents is 1. The maximum atomic E-state index is 12.2. The highest BCUT2D eigenvalue weighted by molar-refractivity contribution is 5.87. The van der Waals surface area contributed by atoms with Gasteiger partial charge in [-0.25, -0.2) is 4.79 Å². The fourth-order valence-electron chi connectivity index (χ4n) is 2.67. The van der Waals surface area contributed by atoms with Crippen molar-refractivity contribution in [2.75, 3.05) is 19.5 Å². The van der Waals surface area contributed by atoms with E-state index in [1.165, 1.54) is 32.4 Å². The third-order valence-electron chi connectivity index (χ3n) is 3.94. The van der Waals surface area contributed by atoms with Gasteiger partial charge < -0.3 is 14.2 Å². The highest BCUT2D eigenvalue weighted by atomic mass is 16.7. The van der Waals surface area contributed by atoms with Crippen LogP contribution in [0.1, 0.15) is 12.5 Å². The minimum atomic E-state index is -1.32. The van der Waals surface area contributed by atoms with E-state index < -0.39 is 22.9 Å². The number of carbonyl (C=O) groups is 1. The van der Waals surface area contributed by atoms with Crippen LogP contribution >= 0.6 is 0 Å². The van der Waals surface area contributed by atoms with Gasteiger partial charge in [-0.3, -0.25) is 15.4 Å². The first-order chi connectivity index (χ1) is 12.4. The van der Waals surface area contributed by atoms with Crippen molar-refractivity contribution >= 4 is 17.5 Å². The summed E-state index contributed by atoms with van der Waals surface area (Å²) >= 11 is 0. The number of ether oxygens (including phenoxy) is 3. The van der Waals surface area contributed by atoms with Crippen LogP contribution in [-0.4, -0.2) is 31.3 Å². The lowest BCUT2D eigenvalue weighted by Gasteiger charge is -2.35. The van der Waals surface area contributed by atoms with E-state index in [0.29, 0.717) is 5.56 Å². The van der Waals surface area contributed by atoms with Crippen molar-refractivity contribution in [1.29, 1.82) is 0 Å². The molecule has 1 N–H and O–H groups in total. The van der Waals surface area contributed by atoms with Gasteiger partial charge >= 0.3 is 6.09 Å². The highest BCUT2D eigenvalue weighted by Crippen LogP contribution is 2.32. The van der Waals surface area contributed by atoms with Crippen molar-refractivity contribution in [2.45, 2.75) is 18.8 Å².